The predicted octanol–water partition coefficient (Wildman–Crippen LogP) is 2.74. The number of aryl methyl sites for hydroxylation is 1. The average Bonchev–Trinajstić information content (AvgIpc) is 2.45. The Balaban J connectivity index is 2.38. The molecule has 5 nitrogen and oxygen atoms in total. The first kappa shape index (κ1) is 17.5. The van der Waals surface area contributed by atoms with Crippen LogP contribution < -0.4 is 11.1 Å². The van der Waals surface area contributed by atoms with Crippen LogP contribution in [-0.4, -0.2) is 23.6 Å². The van der Waals surface area contributed by atoms with Crippen molar-refractivity contribution in [3.63, 3.8) is 0 Å². The quantitative estimate of drug-likeness (QED) is 0.643. The highest BCUT2D eigenvalue weighted by molar-refractivity contribution is 6.23. The molecular weight excluding hydrogens is 323 g/mol. The van der Waals surface area contributed by atoms with E-state index in [0.29, 0.717) is 16.9 Å². The topological polar surface area (TPSA) is 84.5 Å². The molecule has 0 spiro atoms. The molecule has 24 heavy (non-hydrogen) atoms. The number of hydrogen-bond donors (Lipinski definition) is 2. The number of allylic oxidation sites excluding steroid dienone is 3. The molecule has 3 N–H and O–H groups in total. The summed E-state index contributed by atoms with van der Waals surface area (Å²) in [4.78, 5) is 27.1. The van der Waals surface area contributed by atoms with Crippen LogP contribution in [0.4, 0.5) is 24.5 Å². The summed E-state index contributed by atoms with van der Waals surface area (Å²) in [7, 11) is 0. The fourth-order valence-electron chi connectivity index (χ4n) is 2.02. The van der Waals surface area contributed by atoms with E-state index in [2.05, 4.69) is 4.99 Å². The normalized spacial score (nSPS) is 16.7. The number of benzene rings is 1. The third-order valence-electron chi connectivity index (χ3n) is 3.27. The number of aliphatic imine (C=N–C) groups is 1. The van der Waals surface area contributed by atoms with Gasteiger partial charge >= 0.3 is 12.1 Å². The van der Waals surface area contributed by atoms with Gasteiger partial charge in [-0.15, -0.1) is 0 Å². The maximum atomic E-state index is 12.3. The molecule has 8 heteroatoms. The molecule has 0 saturated heterocycles. The van der Waals surface area contributed by atoms with Gasteiger partial charge in [0, 0.05) is 5.69 Å². The Kier molecular flexibility index (Phi) is 4.59. The molecule has 1 aromatic rings. The zero-order valence-corrected chi connectivity index (χ0v) is 12.9. The molecule has 1 aliphatic rings. The van der Waals surface area contributed by atoms with E-state index in [9.17, 15) is 22.8 Å². The van der Waals surface area contributed by atoms with Crippen molar-refractivity contribution in [2.75, 3.05) is 5.73 Å². The van der Waals surface area contributed by atoms with Crippen LogP contribution >= 0.6 is 0 Å². The molecule has 1 aromatic carbocycles. The average molecular weight is 337 g/mol. The lowest BCUT2D eigenvalue weighted by Crippen LogP contribution is -2.39. The summed E-state index contributed by atoms with van der Waals surface area (Å²) in [5.74, 6) is -2.93. The van der Waals surface area contributed by atoms with Gasteiger partial charge in [0.2, 0.25) is 5.78 Å². The highest BCUT2D eigenvalue weighted by Gasteiger charge is 2.39. The van der Waals surface area contributed by atoms with Crippen LogP contribution in [0.15, 0.2) is 46.6 Å². The molecule has 0 radical (unpaired) electrons. The van der Waals surface area contributed by atoms with Crippen molar-refractivity contribution in [1.29, 1.82) is 0 Å². The maximum absolute atomic E-state index is 12.3. The van der Waals surface area contributed by atoms with Crippen molar-refractivity contribution in [3.05, 3.63) is 47.2 Å². The molecule has 0 fully saturated rings. The number of anilines is 1. The molecule has 0 atom stereocenters. The number of carbonyl (C=O) groups is 2. The number of rotatable bonds is 2. The summed E-state index contributed by atoms with van der Waals surface area (Å²) < 4.78 is 37.0. The number of nitrogens with two attached hydrogens (primary N) is 1. The SMILES string of the molecule is CC1=CC(=O)C(NC(=O)C(F)(F)F)=CC1=Nc1ccc(N)cc1C. The minimum absolute atomic E-state index is 0.278. The monoisotopic (exact) mass is 337 g/mol. The lowest BCUT2D eigenvalue weighted by Gasteiger charge is -2.15. The van der Waals surface area contributed by atoms with Crippen molar-refractivity contribution in [1.82, 2.24) is 5.32 Å². The number of nitrogens with one attached hydrogen (secondary N) is 1. The Morgan fingerprint density at radius 1 is 1.21 bits per heavy atom. The summed E-state index contributed by atoms with van der Waals surface area (Å²) in [5, 5.41) is 1.57. The number of ketones is 1. The van der Waals surface area contributed by atoms with Crippen molar-refractivity contribution in [2.45, 2.75) is 20.0 Å². The first-order chi connectivity index (χ1) is 11.1. The molecule has 0 aliphatic heterocycles. The molecule has 0 bridgehead atoms. The molecule has 126 valence electrons. The van der Waals surface area contributed by atoms with E-state index >= 15 is 0 Å². The standard InChI is InChI=1S/C16H14F3N3O2/c1-8-5-10(20)3-4-11(8)21-12-7-13(14(23)6-9(12)2)22-15(24)16(17,18)19/h3-7H,20H2,1-2H3,(H,22,24). The fourth-order valence-corrected chi connectivity index (χ4v) is 2.02. The summed E-state index contributed by atoms with van der Waals surface area (Å²) in [6, 6.07) is 4.99. The fraction of sp³-hybridized carbons (Fsp3) is 0.188. The van der Waals surface area contributed by atoms with Crippen LogP contribution in [0.1, 0.15) is 12.5 Å². The second kappa shape index (κ2) is 6.31. The molecule has 0 unspecified atom stereocenters. The van der Waals surface area contributed by atoms with Crippen LogP contribution in [0.25, 0.3) is 0 Å². The van der Waals surface area contributed by atoms with Gasteiger partial charge in [0.05, 0.1) is 17.1 Å². The Morgan fingerprint density at radius 2 is 1.88 bits per heavy atom. The van der Waals surface area contributed by atoms with Crippen LogP contribution in [0.2, 0.25) is 0 Å². The minimum atomic E-state index is -5.08. The van der Waals surface area contributed by atoms with Crippen LogP contribution in [0.3, 0.4) is 0 Å². The van der Waals surface area contributed by atoms with Crippen LogP contribution in [-0.2, 0) is 9.59 Å². The van der Waals surface area contributed by atoms with Crippen molar-refractivity contribution in [3.8, 4) is 0 Å². The summed E-state index contributed by atoms with van der Waals surface area (Å²) in [6.45, 7) is 3.38. The molecule has 0 saturated carbocycles. The zero-order valence-electron chi connectivity index (χ0n) is 12.9. The van der Waals surface area contributed by atoms with Gasteiger partial charge < -0.3 is 11.1 Å². The van der Waals surface area contributed by atoms with E-state index in [1.165, 1.54) is 0 Å². The van der Waals surface area contributed by atoms with Gasteiger partial charge in [-0.2, -0.15) is 13.2 Å². The highest BCUT2D eigenvalue weighted by atomic mass is 19.4. The lowest BCUT2D eigenvalue weighted by atomic mass is 10.0. The summed E-state index contributed by atoms with van der Waals surface area (Å²) in [6.07, 6.45) is -2.84. The highest BCUT2D eigenvalue weighted by Crippen LogP contribution is 2.24. The number of nitrogen functional groups attached to an aromatic ring is 1. The van der Waals surface area contributed by atoms with Gasteiger partial charge in [-0.05, 0) is 55.3 Å². The second-order valence-electron chi connectivity index (χ2n) is 5.24. The molecule has 1 aliphatic carbocycles. The second-order valence-corrected chi connectivity index (χ2v) is 5.24. The first-order valence-electron chi connectivity index (χ1n) is 6.85. The van der Waals surface area contributed by atoms with Gasteiger partial charge in [-0.3, -0.25) is 9.59 Å². The van der Waals surface area contributed by atoms with Crippen molar-refractivity contribution >= 4 is 28.8 Å². The number of nitrogens with zero attached hydrogens (tertiary/aromatic N) is 1. The number of hydrogen-bond acceptors (Lipinski definition) is 4. The predicted molar refractivity (Wildman–Crippen MR) is 83.7 cm³/mol. The number of halogens is 3. The largest absolute Gasteiger partial charge is 0.471 e. The van der Waals surface area contributed by atoms with Crippen molar-refractivity contribution in [2.24, 2.45) is 4.99 Å². The maximum Gasteiger partial charge on any atom is 0.471 e. The number of amides is 1. The third-order valence-corrected chi connectivity index (χ3v) is 3.27. The van der Waals surface area contributed by atoms with Crippen molar-refractivity contribution < 1.29 is 22.8 Å². The third kappa shape index (κ3) is 3.89. The van der Waals surface area contributed by atoms with Crippen LogP contribution in [0, 0.1) is 6.92 Å². The smallest absolute Gasteiger partial charge is 0.399 e. The Hall–Kier alpha value is -2.90. The van der Waals surface area contributed by atoms with E-state index in [-0.39, 0.29) is 5.71 Å². The van der Waals surface area contributed by atoms with Crippen LogP contribution in [0.5, 0.6) is 0 Å². The Labute approximate surface area is 135 Å². The van der Waals surface area contributed by atoms with E-state index in [1.54, 1.807) is 37.4 Å². The molecular formula is C16H14F3N3O2. The number of carbonyl (C=O) groups excluding carboxylic acids is 2. The van der Waals surface area contributed by atoms with Gasteiger partial charge in [-0.25, -0.2) is 4.99 Å². The van der Waals surface area contributed by atoms with Gasteiger partial charge in [0.15, 0.2) is 0 Å². The lowest BCUT2D eigenvalue weighted by molar-refractivity contribution is -0.172. The van der Waals surface area contributed by atoms with Gasteiger partial charge in [0.1, 0.15) is 0 Å². The van der Waals surface area contributed by atoms with Gasteiger partial charge in [-0.1, -0.05) is 0 Å². The molecule has 0 aromatic heterocycles. The van der Waals surface area contributed by atoms with E-state index < -0.39 is 23.6 Å². The zero-order chi connectivity index (χ0) is 18.1. The van der Waals surface area contributed by atoms with E-state index in [1.807, 2.05) is 0 Å². The Bertz CT molecular complexity index is 805. The van der Waals surface area contributed by atoms with E-state index in [0.717, 1.165) is 17.7 Å². The molecule has 0 heterocycles. The summed E-state index contributed by atoms with van der Waals surface area (Å²) >= 11 is 0. The number of alkyl halides is 3. The molecule has 2 rings (SSSR count). The van der Waals surface area contributed by atoms with E-state index in [4.69, 9.17) is 5.73 Å². The first-order valence-corrected chi connectivity index (χ1v) is 6.85. The minimum Gasteiger partial charge on any atom is -0.399 e. The molecule has 1 amide bonds. The van der Waals surface area contributed by atoms with Gasteiger partial charge in [0.25, 0.3) is 0 Å². The summed E-state index contributed by atoms with van der Waals surface area (Å²) in [5.41, 5.74) is 7.80. The Morgan fingerprint density at radius 3 is 2.46 bits per heavy atom.